The Morgan fingerprint density at radius 1 is 1.16 bits per heavy atom. The van der Waals surface area contributed by atoms with Gasteiger partial charge in [-0.05, 0) is 86.3 Å². The van der Waals surface area contributed by atoms with Gasteiger partial charge in [-0.3, -0.25) is 9.69 Å². The average Bonchev–Trinajstić information content (AvgIpc) is 3.09. The Kier molecular flexibility index (Phi) is 7.08. The molecule has 0 bridgehead atoms. The molecule has 2 aromatic carbocycles. The van der Waals surface area contributed by atoms with Crippen molar-refractivity contribution in [3.63, 3.8) is 0 Å². The van der Waals surface area contributed by atoms with Gasteiger partial charge in [0.05, 0.1) is 22.2 Å². The van der Waals surface area contributed by atoms with E-state index in [-0.39, 0.29) is 17.7 Å². The van der Waals surface area contributed by atoms with Crippen molar-refractivity contribution >= 4 is 66.5 Å². The number of amidine groups is 1. The molecule has 0 spiro atoms. The summed E-state index contributed by atoms with van der Waals surface area (Å²) in [6.07, 6.45) is 7.29. The van der Waals surface area contributed by atoms with E-state index in [2.05, 4.69) is 31.9 Å². The summed E-state index contributed by atoms with van der Waals surface area (Å²) in [4.78, 5) is 20.8. The number of hydrogen-bond acceptors (Lipinski definition) is 5. The molecule has 2 aliphatic rings. The fourth-order valence-electron chi connectivity index (χ4n) is 3.85. The molecular weight excluding hydrogens is 544 g/mol. The number of nitrogens with zero attached hydrogens (tertiary/aromatic N) is 2. The number of aliphatic imine (C=N–C) groups is 1. The predicted octanol–water partition coefficient (Wildman–Crippen LogP) is 6.86. The highest BCUT2D eigenvalue weighted by Crippen LogP contribution is 2.44. The van der Waals surface area contributed by atoms with E-state index >= 15 is 0 Å². The lowest BCUT2D eigenvalue weighted by atomic mass is 9.94. The normalized spacial score (nSPS) is 20.1. The average molecular weight is 566 g/mol. The van der Waals surface area contributed by atoms with Crippen LogP contribution in [0.1, 0.15) is 37.7 Å². The quantitative estimate of drug-likeness (QED) is 0.411. The third-order valence-corrected chi connectivity index (χ3v) is 8.58. The Morgan fingerprint density at radius 3 is 2.55 bits per heavy atom. The fraction of sp³-hybridized carbons (Fsp3) is 0.304. The molecule has 31 heavy (non-hydrogen) atoms. The number of carbonyl (C=O) groups excluding carboxylic acids is 1. The van der Waals surface area contributed by atoms with Gasteiger partial charge in [0.1, 0.15) is 0 Å². The van der Waals surface area contributed by atoms with Crippen molar-refractivity contribution in [1.29, 1.82) is 0 Å². The van der Waals surface area contributed by atoms with Gasteiger partial charge in [0, 0.05) is 10.5 Å². The molecule has 2 fully saturated rings. The number of para-hydroxylation sites is 1. The molecule has 1 heterocycles. The van der Waals surface area contributed by atoms with Crippen LogP contribution in [-0.4, -0.2) is 34.2 Å². The number of thioether (sulfide) groups is 1. The molecule has 1 saturated carbocycles. The van der Waals surface area contributed by atoms with Gasteiger partial charge < -0.3 is 9.84 Å². The fourth-order valence-corrected chi connectivity index (χ4v) is 5.74. The van der Waals surface area contributed by atoms with Crippen molar-refractivity contribution in [2.45, 2.75) is 38.1 Å². The maximum Gasteiger partial charge on any atom is 0.267 e. The molecule has 5 nitrogen and oxygen atoms in total. The Hall–Kier alpha value is -1.77. The zero-order valence-electron chi connectivity index (χ0n) is 17.0. The number of phenols is 1. The van der Waals surface area contributed by atoms with Gasteiger partial charge in [0.2, 0.25) is 0 Å². The van der Waals surface area contributed by atoms with Crippen LogP contribution in [0.2, 0.25) is 0 Å². The lowest BCUT2D eigenvalue weighted by Crippen LogP contribution is -2.40. The highest BCUT2D eigenvalue weighted by atomic mass is 79.9. The first-order chi connectivity index (χ1) is 15.0. The largest absolute Gasteiger partial charge is 0.503 e. The van der Waals surface area contributed by atoms with E-state index in [0.29, 0.717) is 19.6 Å². The molecule has 162 valence electrons. The topological polar surface area (TPSA) is 62.1 Å². The van der Waals surface area contributed by atoms with Crippen molar-refractivity contribution in [1.82, 2.24) is 4.90 Å². The van der Waals surface area contributed by atoms with Gasteiger partial charge in [-0.25, -0.2) is 4.99 Å². The summed E-state index contributed by atoms with van der Waals surface area (Å²) in [6, 6.07) is 11.6. The smallest absolute Gasteiger partial charge is 0.267 e. The SMILES string of the molecule is COc1cc(/C=C2\SC(=Nc3ccccc3)N(C3CCCCC3)C2=O)c(Br)c(Br)c1O. The monoisotopic (exact) mass is 564 g/mol. The molecule has 0 radical (unpaired) electrons. The van der Waals surface area contributed by atoms with Crippen molar-refractivity contribution in [3.8, 4) is 11.5 Å². The highest BCUT2D eigenvalue weighted by molar-refractivity contribution is 9.13. The number of carbonyl (C=O) groups is 1. The zero-order valence-corrected chi connectivity index (χ0v) is 21.0. The summed E-state index contributed by atoms with van der Waals surface area (Å²) in [6.45, 7) is 0. The lowest BCUT2D eigenvalue weighted by Gasteiger charge is -2.30. The molecule has 8 heteroatoms. The minimum absolute atomic E-state index is 0.0112. The Labute approximate surface area is 202 Å². The second-order valence-corrected chi connectivity index (χ2v) is 10.0. The maximum absolute atomic E-state index is 13.5. The minimum atomic E-state index is -0.0263. The van der Waals surface area contributed by atoms with E-state index < -0.39 is 0 Å². The van der Waals surface area contributed by atoms with Crippen LogP contribution in [-0.2, 0) is 4.79 Å². The molecular formula is C23H22Br2N2O3S. The van der Waals surface area contributed by atoms with Crippen LogP contribution >= 0.6 is 43.6 Å². The van der Waals surface area contributed by atoms with E-state index in [9.17, 15) is 9.90 Å². The van der Waals surface area contributed by atoms with Gasteiger partial charge in [-0.15, -0.1) is 0 Å². The van der Waals surface area contributed by atoms with Crippen LogP contribution < -0.4 is 4.74 Å². The van der Waals surface area contributed by atoms with E-state index in [0.717, 1.165) is 42.1 Å². The molecule has 1 amide bonds. The van der Waals surface area contributed by atoms with Crippen LogP contribution in [0.25, 0.3) is 6.08 Å². The summed E-state index contributed by atoms with van der Waals surface area (Å²) >= 11 is 8.29. The molecule has 1 aliphatic carbocycles. The number of methoxy groups -OCH3 is 1. The third kappa shape index (κ3) is 4.71. The summed E-state index contributed by atoms with van der Waals surface area (Å²) < 4.78 is 6.41. The highest BCUT2D eigenvalue weighted by Gasteiger charge is 2.38. The van der Waals surface area contributed by atoms with E-state index in [4.69, 9.17) is 9.73 Å². The number of halogens is 2. The molecule has 1 saturated heterocycles. The van der Waals surface area contributed by atoms with Crippen LogP contribution in [0, 0.1) is 0 Å². The van der Waals surface area contributed by atoms with Gasteiger partial charge in [-0.2, -0.15) is 0 Å². The number of rotatable bonds is 4. The van der Waals surface area contributed by atoms with Crippen molar-refractivity contribution in [3.05, 3.63) is 55.8 Å². The number of ether oxygens (including phenoxy) is 1. The van der Waals surface area contributed by atoms with Gasteiger partial charge in [0.15, 0.2) is 16.7 Å². The van der Waals surface area contributed by atoms with Gasteiger partial charge >= 0.3 is 0 Å². The molecule has 0 aromatic heterocycles. The Morgan fingerprint density at radius 2 is 1.87 bits per heavy atom. The first-order valence-corrected chi connectivity index (χ1v) is 12.5. The number of aromatic hydroxyl groups is 1. The van der Waals surface area contributed by atoms with Crippen molar-refractivity contribution < 1.29 is 14.6 Å². The Balaban J connectivity index is 1.75. The molecule has 0 atom stereocenters. The second-order valence-electron chi connectivity index (χ2n) is 7.45. The van der Waals surface area contributed by atoms with Crippen LogP contribution in [0.5, 0.6) is 11.5 Å². The summed E-state index contributed by atoms with van der Waals surface area (Å²) in [5, 5.41) is 10.9. The summed E-state index contributed by atoms with van der Waals surface area (Å²) in [5.41, 5.74) is 1.57. The van der Waals surface area contributed by atoms with Crippen molar-refractivity contribution in [2.24, 2.45) is 4.99 Å². The number of benzene rings is 2. The summed E-state index contributed by atoms with van der Waals surface area (Å²) in [7, 11) is 1.50. The van der Waals surface area contributed by atoms with E-state index in [1.807, 2.05) is 41.3 Å². The van der Waals surface area contributed by atoms with E-state index in [1.54, 1.807) is 6.07 Å². The second kappa shape index (κ2) is 9.79. The number of phenolic OH excluding ortho intramolecular Hbond substituents is 1. The number of hydrogen-bond donors (Lipinski definition) is 1. The zero-order chi connectivity index (χ0) is 22.0. The van der Waals surface area contributed by atoms with Crippen LogP contribution in [0.15, 0.2) is 55.2 Å². The standard InChI is InChI=1S/C23H22Br2N2O3S/c1-30-17-12-14(19(24)20(25)21(17)28)13-18-22(29)27(16-10-6-3-7-11-16)23(31-18)26-15-8-4-2-5-9-15/h2,4-5,8-9,12-13,16,28H,3,6-7,10-11H2,1H3/b18-13-,26-23?. The molecule has 0 unspecified atom stereocenters. The predicted molar refractivity (Wildman–Crippen MR) is 133 cm³/mol. The Bertz CT molecular complexity index is 1050. The van der Waals surface area contributed by atoms with E-state index in [1.165, 1.54) is 25.3 Å². The van der Waals surface area contributed by atoms with Gasteiger partial charge in [0.25, 0.3) is 5.91 Å². The molecule has 2 aromatic rings. The van der Waals surface area contributed by atoms with Crippen LogP contribution in [0.4, 0.5) is 5.69 Å². The minimum Gasteiger partial charge on any atom is -0.503 e. The third-order valence-electron chi connectivity index (χ3n) is 5.44. The van der Waals surface area contributed by atoms with Crippen molar-refractivity contribution in [2.75, 3.05) is 7.11 Å². The van der Waals surface area contributed by atoms with Crippen LogP contribution in [0.3, 0.4) is 0 Å². The molecule has 1 aliphatic heterocycles. The maximum atomic E-state index is 13.5. The lowest BCUT2D eigenvalue weighted by molar-refractivity contribution is -0.124. The molecule has 1 N–H and O–H groups in total. The first kappa shape index (κ1) is 22.4. The van der Waals surface area contributed by atoms with Gasteiger partial charge in [-0.1, -0.05) is 37.5 Å². The molecule has 4 rings (SSSR count). The number of amides is 1. The summed E-state index contributed by atoms with van der Waals surface area (Å²) in [5.74, 6) is 0.318. The first-order valence-electron chi connectivity index (χ1n) is 10.1.